The number of carbonyl (C=O) groups is 6. The van der Waals surface area contributed by atoms with E-state index < -0.39 is 11.2 Å². The van der Waals surface area contributed by atoms with E-state index in [0.29, 0.717) is 95.6 Å². The summed E-state index contributed by atoms with van der Waals surface area (Å²) in [4.78, 5) is 83.4. The maximum atomic E-state index is 13.7. The fourth-order valence-corrected chi connectivity index (χ4v) is 13.4. The van der Waals surface area contributed by atoms with E-state index in [1.165, 1.54) is 9.80 Å². The van der Waals surface area contributed by atoms with Gasteiger partial charge in [0.2, 0.25) is 0 Å². The first-order valence-corrected chi connectivity index (χ1v) is 27.3. The number of hydrogen-bond acceptors (Lipinski definition) is 13. The Labute approximate surface area is 415 Å². The number of thioether (sulfide) groups is 2. The van der Waals surface area contributed by atoms with E-state index in [1.807, 2.05) is 38.1 Å². The molecule has 13 nitrogen and oxygen atoms in total. The molecule has 2 saturated heterocycles. The van der Waals surface area contributed by atoms with Crippen LogP contribution >= 0.6 is 23.5 Å². The summed E-state index contributed by atoms with van der Waals surface area (Å²) in [7, 11) is 0. The molecule has 372 valence electrons. The molecule has 0 aliphatic carbocycles. The molecule has 69 heavy (non-hydrogen) atoms. The van der Waals surface area contributed by atoms with E-state index in [-0.39, 0.29) is 84.7 Å². The third kappa shape index (κ3) is 10.0. The summed E-state index contributed by atoms with van der Waals surface area (Å²) in [5, 5.41) is 0. The summed E-state index contributed by atoms with van der Waals surface area (Å²) in [5.41, 5.74) is 2.75. The molecule has 6 aliphatic heterocycles. The minimum atomic E-state index is -0.831. The summed E-state index contributed by atoms with van der Waals surface area (Å²) in [6, 6.07) is 14.8. The van der Waals surface area contributed by atoms with Gasteiger partial charge in [-0.1, -0.05) is 75.9 Å². The second-order valence-electron chi connectivity index (χ2n) is 20.0. The number of fused-ring (bicyclic) bond motifs is 8. The molecule has 6 aliphatic rings. The van der Waals surface area contributed by atoms with Crippen molar-refractivity contribution in [3.63, 3.8) is 0 Å². The van der Waals surface area contributed by atoms with Crippen LogP contribution in [0.2, 0.25) is 0 Å². The molecule has 6 unspecified atom stereocenters. The standard InChI is InChI=1S/C54H68N2O11S2/c1-7-23-51(9-3,31-64-41(57)21-27-68-33-53-25-19-39(66-53)43-45(53)49(61)55(47(43)59)37-15-11-35(5)12-16-37)29-63-30-52(10-4,24-8-2)32-65-42(58)22-28-69-34-54-26-20-40(67-54)44-46(54)50(62)56(48(44)60)38-17-13-36(6)14-18-38/h11-18,39-40H,7-10,19-34H2,1-6H3. The Morgan fingerprint density at radius 2 is 1.00 bits per heavy atom. The minimum Gasteiger partial charge on any atom is -0.465 e. The zero-order valence-corrected chi connectivity index (χ0v) is 42.8. The Kier molecular flexibility index (Phi) is 15.7. The molecule has 0 N–H and O–H groups in total. The van der Waals surface area contributed by atoms with Crippen molar-refractivity contribution in [2.24, 2.45) is 10.8 Å². The first-order chi connectivity index (χ1) is 33.2. The number of aryl methyl sites for hydroxylation is 2. The lowest BCUT2D eigenvalue weighted by molar-refractivity contribution is -0.152. The van der Waals surface area contributed by atoms with Gasteiger partial charge in [-0.2, -0.15) is 23.5 Å². The van der Waals surface area contributed by atoms with Gasteiger partial charge in [0.15, 0.2) is 0 Å². The third-order valence-electron chi connectivity index (χ3n) is 15.3. The lowest BCUT2D eigenvalue weighted by atomic mass is 9.81. The third-order valence-corrected chi connectivity index (χ3v) is 17.6. The lowest BCUT2D eigenvalue weighted by Crippen LogP contribution is -2.40. The number of anilines is 2. The molecule has 0 saturated carbocycles. The molecule has 4 bridgehead atoms. The normalized spacial score (nSPS) is 25.2. The minimum absolute atomic E-state index is 0.201. The van der Waals surface area contributed by atoms with Crippen molar-refractivity contribution < 1.29 is 52.5 Å². The zero-order valence-electron chi connectivity index (χ0n) is 41.1. The summed E-state index contributed by atoms with van der Waals surface area (Å²) < 4.78 is 31.1. The van der Waals surface area contributed by atoms with Crippen LogP contribution in [-0.2, 0) is 52.5 Å². The van der Waals surface area contributed by atoms with E-state index in [4.69, 9.17) is 23.7 Å². The van der Waals surface area contributed by atoms with Crippen molar-refractivity contribution in [1.29, 1.82) is 0 Å². The van der Waals surface area contributed by atoms with Crippen molar-refractivity contribution in [2.45, 2.75) is 142 Å². The SMILES string of the molecule is CCCC(CC)(COCC(CC)(CCC)COC(=O)CCSCC12CCC(O1)C1=C2C(=O)N(c2ccc(C)cc2)C1=O)COC(=O)CCSCC12CCC(O1)C1=C2C(=O)N(c2ccc(C)cc2)C1=O. The molecule has 4 amide bonds. The van der Waals surface area contributed by atoms with Gasteiger partial charge in [0.25, 0.3) is 23.6 Å². The van der Waals surface area contributed by atoms with E-state index >= 15 is 0 Å². The highest BCUT2D eigenvalue weighted by atomic mass is 32.2. The van der Waals surface area contributed by atoms with Gasteiger partial charge in [-0.05, 0) is 89.5 Å². The van der Waals surface area contributed by atoms with Gasteiger partial charge < -0.3 is 23.7 Å². The number of esters is 2. The fraction of sp³-hybridized carbons (Fsp3) is 0.593. The highest BCUT2D eigenvalue weighted by Crippen LogP contribution is 2.55. The molecule has 6 heterocycles. The van der Waals surface area contributed by atoms with Gasteiger partial charge in [-0.25, -0.2) is 9.80 Å². The van der Waals surface area contributed by atoms with Crippen molar-refractivity contribution in [1.82, 2.24) is 0 Å². The van der Waals surface area contributed by atoms with Crippen LogP contribution in [0.1, 0.15) is 116 Å². The average molecular weight is 985 g/mol. The van der Waals surface area contributed by atoms with E-state index in [0.717, 1.165) is 49.7 Å². The summed E-state index contributed by atoms with van der Waals surface area (Å²) in [6.45, 7) is 13.6. The van der Waals surface area contributed by atoms with Crippen LogP contribution in [0.4, 0.5) is 11.4 Å². The van der Waals surface area contributed by atoms with Gasteiger partial charge in [0, 0.05) is 33.8 Å². The van der Waals surface area contributed by atoms with Crippen molar-refractivity contribution >= 4 is 70.5 Å². The number of nitrogens with zero attached hydrogens (tertiary/aromatic N) is 2. The molecular formula is C54H68N2O11S2. The Morgan fingerprint density at radius 1 is 0.609 bits per heavy atom. The molecule has 15 heteroatoms. The van der Waals surface area contributed by atoms with Gasteiger partial charge in [0.1, 0.15) is 11.2 Å². The predicted octanol–water partition coefficient (Wildman–Crippen LogP) is 8.95. The van der Waals surface area contributed by atoms with Gasteiger partial charge in [0.05, 0.1) is 85.1 Å². The Hall–Kier alpha value is -4.28. The maximum Gasteiger partial charge on any atom is 0.306 e. The zero-order chi connectivity index (χ0) is 49.1. The van der Waals surface area contributed by atoms with E-state index in [9.17, 15) is 28.8 Å². The van der Waals surface area contributed by atoms with Crippen LogP contribution in [0.3, 0.4) is 0 Å². The molecule has 2 aromatic rings. The fourth-order valence-electron chi connectivity index (χ4n) is 11.1. The number of imide groups is 2. The second-order valence-corrected chi connectivity index (χ2v) is 22.3. The molecule has 0 spiro atoms. The first kappa shape index (κ1) is 51.1. The second kappa shape index (κ2) is 21.2. The molecular weight excluding hydrogens is 917 g/mol. The highest BCUT2D eigenvalue weighted by Gasteiger charge is 2.63. The molecule has 8 rings (SSSR count). The Bertz CT molecular complexity index is 2220. The maximum absolute atomic E-state index is 13.7. The molecule has 6 atom stereocenters. The lowest BCUT2D eigenvalue weighted by Gasteiger charge is -2.36. The number of hydrogen-bond donors (Lipinski definition) is 0. The van der Waals surface area contributed by atoms with E-state index in [2.05, 4.69) is 27.7 Å². The smallest absolute Gasteiger partial charge is 0.306 e. The van der Waals surface area contributed by atoms with Crippen LogP contribution in [0.5, 0.6) is 0 Å². The Morgan fingerprint density at radius 3 is 1.36 bits per heavy atom. The summed E-state index contributed by atoms with van der Waals surface area (Å²) in [5.74, 6) is 0.140. The largest absolute Gasteiger partial charge is 0.465 e. The van der Waals surface area contributed by atoms with Crippen LogP contribution in [-0.4, -0.2) is 108 Å². The first-order valence-electron chi connectivity index (χ1n) is 25.0. The van der Waals surface area contributed by atoms with Crippen LogP contribution < -0.4 is 9.80 Å². The molecule has 2 fully saturated rings. The Balaban J connectivity index is 0.770. The van der Waals surface area contributed by atoms with Gasteiger partial charge in [-0.15, -0.1) is 0 Å². The van der Waals surface area contributed by atoms with E-state index in [1.54, 1.807) is 47.8 Å². The predicted molar refractivity (Wildman–Crippen MR) is 267 cm³/mol. The molecule has 0 aromatic heterocycles. The quantitative estimate of drug-likeness (QED) is 0.0501. The van der Waals surface area contributed by atoms with Gasteiger partial charge in [-0.3, -0.25) is 28.8 Å². The molecule has 0 radical (unpaired) electrons. The van der Waals surface area contributed by atoms with Crippen LogP contribution in [0, 0.1) is 24.7 Å². The van der Waals surface area contributed by atoms with Crippen molar-refractivity contribution in [2.75, 3.05) is 59.2 Å². The number of benzene rings is 2. The topological polar surface area (TPSA) is 155 Å². The number of amides is 4. The van der Waals surface area contributed by atoms with Crippen molar-refractivity contribution in [3.05, 3.63) is 82.0 Å². The number of ether oxygens (including phenoxy) is 5. The van der Waals surface area contributed by atoms with Crippen LogP contribution in [0.15, 0.2) is 70.8 Å². The monoisotopic (exact) mass is 984 g/mol. The highest BCUT2D eigenvalue weighted by molar-refractivity contribution is 7.99. The summed E-state index contributed by atoms with van der Waals surface area (Å²) >= 11 is 3.08. The van der Waals surface area contributed by atoms with Gasteiger partial charge >= 0.3 is 11.9 Å². The van der Waals surface area contributed by atoms with Crippen LogP contribution in [0.25, 0.3) is 0 Å². The van der Waals surface area contributed by atoms with Crippen molar-refractivity contribution in [3.8, 4) is 0 Å². The molecule has 2 aromatic carbocycles. The summed E-state index contributed by atoms with van der Waals surface area (Å²) in [6.07, 6.45) is 7.27. The average Bonchev–Trinajstić information content (AvgIpc) is 4.19. The number of carbonyl (C=O) groups excluding carboxylic acids is 6. The number of rotatable bonds is 26.